The molecule has 1 atom stereocenters. The van der Waals surface area contributed by atoms with Crippen LogP contribution in [0, 0.1) is 11.3 Å². The van der Waals surface area contributed by atoms with Gasteiger partial charge in [0, 0.05) is 11.8 Å². The van der Waals surface area contributed by atoms with E-state index in [1.54, 1.807) is 12.1 Å². The zero-order chi connectivity index (χ0) is 14.4. The van der Waals surface area contributed by atoms with Crippen molar-refractivity contribution < 1.29 is 4.74 Å². The number of nitrogens with one attached hydrogen (secondary N) is 1. The Bertz CT molecular complexity index is 619. The number of hydrogen-bond donors (Lipinski definition) is 1. The van der Waals surface area contributed by atoms with Crippen molar-refractivity contribution in [3.05, 3.63) is 48.2 Å². The van der Waals surface area contributed by atoms with Gasteiger partial charge < -0.3 is 10.1 Å². The fraction of sp³-hybridized carbons (Fsp3) is 0.250. The second kappa shape index (κ2) is 6.58. The molecule has 0 amide bonds. The molecule has 0 fully saturated rings. The first kappa shape index (κ1) is 13.9. The Hall–Kier alpha value is -2.54. The number of rotatable bonds is 5. The van der Waals surface area contributed by atoms with E-state index in [0.717, 1.165) is 17.9 Å². The number of ether oxygens (including phenoxy) is 1. The highest BCUT2D eigenvalue weighted by Crippen LogP contribution is 2.21. The maximum atomic E-state index is 8.84. The lowest BCUT2D eigenvalue weighted by molar-refractivity contribution is 0.217. The van der Waals surface area contributed by atoms with Crippen molar-refractivity contribution >= 4 is 11.5 Å². The Morgan fingerprint density at radius 2 is 2.10 bits per heavy atom. The van der Waals surface area contributed by atoms with Gasteiger partial charge in [0.1, 0.15) is 23.3 Å². The summed E-state index contributed by atoms with van der Waals surface area (Å²) in [6, 6.07) is 15.0. The third kappa shape index (κ3) is 3.72. The molecular weight excluding hydrogens is 250 g/mol. The largest absolute Gasteiger partial charge is 0.491 e. The average Bonchev–Trinajstić information content (AvgIpc) is 2.47. The van der Waals surface area contributed by atoms with Crippen LogP contribution in [0.25, 0.3) is 0 Å². The van der Waals surface area contributed by atoms with E-state index in [4.69, 9.17) is 10.00 Å². The van der Waals surface area contributed by atoms with Crippen LogP contribution < -0.4 is 10.1 Å². The predicted octanol–water partition coefficient (Wildman–Crippen LogP) is 3.87. The molecule has 1 unspecified atom stereocenters. The second-order valence-corrected chi connectivity index (χ2v) is 4.51. The maximum absolute atomic E-state index is 8.84. The van der Waals surface area contributed by atoms with Gasteiger partial charge >= 0.3 is 0 Å². The zero-order valence-electron chi connectivity index (χ0n) is 11.6. The van der Waals surface area contributed by atoms with Crippen LogP contribution in [0.1, 0.15) is 26.0 Å². The summed E-state index contributed by atoms with van der Waals surface area (Å²) in [6.07, 6.45) is 1.15. The molecule has 0 bridgehead atoms. The van der Waals surface area contributed by atoms with Crippen LogP contribution >= 0.6 is 0 Å². The SMILES string of the molecule is CCC(C)Oc1cccc(Nc2cccc(C#N)n2)c1. The lowest BCUT2D eigenvalue weighted by Crippen LogP contribution is -2.09. The molecule has 0 spiro atoms. The third-order valence-corrected chi connectivity index (χ3v) is 2.88. The minimum atomic E-state index is 0.185. The summed E-state index contributed by atoms with van der Waals surface area (Å²) < 4.78 is 5.77. The Morgan fingerprint density at radius 1 is 1.30 bits per heavy atom. The quantitative estimate of drug-likeness (QED) is 0.893. The summed E-state index contributed by atoms with van der Waals surface area (Å²) >= 11 is 0. The molecule has 1 aromatic heterocycles. The third-order valence-electron chi connectivity index (χ3n) is 2.88. The van der Waals surface area contributed by atoms with E-state index in [9.17, 15) is 0 Å². The molecule has 1 aromatic carbocycles. The van der Waals surface area contributed by atoms with E-state index in [1.165, 1.54) is 0 Å². The molecule has 2 rings (SSSR count). The summed E-state index contributed by atoms with van der Waals surface area (Å²) in [5.74, 6) is 1.46. The van der Waals surface area contributed by atoms with Gasteiger partial charge in [-0.2, -0.15) is 5.26 Å². The molecule has 4 heteroatoms. The standard InChI is InChI=1S/C16H17N3O/c1-3-12(2)20-15-8-4-6-13(10-15)18-16-9-5-7-14(11-17)19-16/h4-10,12H,3H2,1-2H3,(H,18,19). The minimum absolute atomic E-state index is 0.185. The van der Waals surface area contributed by atoms with E-state index in [0.29, 0.717) is 11.5 Å². The van der Waals surface area contributed by atoms with Crippen molar-refractivity contribution in [3.63, 3.8) is 0 Å². The van der Waals surface area contributed by atoms with E-state index >= 15 is 0 Å². The van der Waals surface area contributed by atoms with Gasteiger partial charge in [-0.3, -0.25) is 0 Å². The molecule has 1 N–H and O–H groups in total. The normalized spacial score (nSPS) is 11.4. The smallest absolute Gasteiger partial charge is 0.142 e. The fourth-order valence-electron chi connectivity index (χ4n) is 1.68. The second-order valence-electron chi connectivity index (χ2n) is 4.51. The summed E-state index contributed by atoms with van der Waals surface area (Å²) in [7, 11) is 0. The van der Waals surface area contributed by atoms with Crippen molar-refractivity contribution in [2.45, 2.75) is 26.4 Å². The van der Waals surface area contributed by atoms with Crippen LogP contribution in [0.4, 0.5) is 11.5 Å². The molecule has 102 valence electrons. The van der Waals surface area contributed by atoms with Gasteiger partial charge in [-0.1, -0.05) is 19.1 Å². The highest BCUT2D eigenvalue weighted by Gasteiger charge is 2.03. The maximum Gasteiger partial charge on any atom is 0.142 e. The summed E-state index contributed by atoms with van der Waals surface area (Å²) in [4.78, 5) is 4.18. The van der Waals surface area contributed by atoms with Crippen molar-refractivity contribution in [1.29, 1.82) is 5.26 Å². The minimum Gasteiger partial charge on any atom is -0.491 e. The van der Waals surface area contributed by atoms with Crippen LogP contribution in [0.3, 0.4) is 0 Å². The van der Waals surface area contributed by atoms with E-state index in [1.807, 2.05) is 43.3 Å². The molecule has 0 saturated carbocycles. The number of pyridine rings is 1. The summed E-state index contributed by atoms with van der Waals surface area (Å²) in [5, 5.41) is 12.0. The molecule has 0 radical (unpaired) electrons. The molecule has 20 heavy (non-hydrogen) atoms. The number of nitriles is 1. The Balaban J connectivity index is 2.13. The summed E-state index contributed by atoms with van der Waals surface area (Å²) in [6.45, 7) is 4.13. The van der Waals surface area contributed by atoms with E-state index in [2.05, 4.69) is 17.2 Å². The molecule has 1 heterocycles. The van der Waals surface area contributed by atoms with Gasteiger partial charge in [0.15, 0.2) is 0 Å². The monoisotopic (exact) mass is 267 g/mol. The molecule has 4 nitrogen and oxygen atoms in total. The number of benzene rings is 1. The first-order chi connectivity index (χ1) is 9.71. The number of aromatic nitrogens is 1. The Labute approximate surface area is 119 Å². The predicted molar refractivity (Wildman–Crippen MR) is 79.1 cm³/mol. The topological polar surface area (TPSA) is 57.9 Å². The van der Waals surface area contributed by atoms with Crippen molar-refractivity contribution in [2.75, 3.05) is 5.32 Å². The van der Waals surface area contributed by atoms with Crippen LogP contribution in [-0.4, -0.2) is 11.1 Å². The van der Waals surface area contributed by atoms with Gasteiger partial charge in [0.25, 0.3) is 0 Å². The van der Waals surface area contributed by atoms with Gasteiger partial charge in [-0.25, -0.2) is 4.98 Å². The lowest BCUT2D eigenvalue weighted by Gasteiger charge is -2.13. The molecule has 0 aliphatic heterocycles. The first-order valence-electron chi connectivity index (χ1n) is 6.62. The highest BCUT2D eigenvalue weighted by molar-refractivity contribution is 5.58. The van der Waals surface area contributed by atoms with Crippen molar-refractivity contribution in [1.82, 2.24) is 4.98 Å². The van der Waals surface area contributed by atoms with Crippen LogP contribution in [0.5, 0.6) is 5.75 Å². The van der Waals surface area contributed by atoms with Gasteiger partial charge in [-0.15, -0.1) is 0 Å². The molecule has 2 aromatic rings. The van der Waals surface area contributed by atoms with Gasteiger partial charge in [0.2, 0.25) is 0 Å². The van der Waals surface area contributed by atoms with E-state index < -0.39 is 0 Å². The number of hydrogen-bond acceptors (Lipinski definition) is 4. The van der Waals surface area contributed by atoms with Crippen LogP contribution in [0.2, 0.25) is 0 Å². The van der Waals surface area contributed by atoms with Crippen LogP contribution in [-0.2, 0) is 0 Å². The van der Waals surface area contributed by atoms with Crippen LogP contribution in [0.15, 0.2) is 42.5 Å². The average molecular weight is 267 g/mol. The van der Waals surface area contributed by atoms with Gasteiger partial charge in [-0.05, 0) is 37.6 Å². The van der Waals surface area contributed by atoms with Crippen molar-refractivity contribution in [3.8, 4) is 11.8 Å². The number of anilines is 2. The number of nitrogens with zero attached hydrogens (tertiary/aromatic N) is 2. The van der Waals surface area contributed by atoms with E-state index in [-0.39, 0.29) is 6.10 Å². The Morgan fingerprint density at radius 3 is 2.85 bits per heavy atom. The molecule has 0 saturated heterocycles. The summed E-state index contributed by atoms with van der Waals surface area (Å²) in [5.41, 5.74) is 1.27. The zero-order valence-corrected chi connectivity index (χ0v) is 11.6. The van der Waals surface area contributed by atoms with Crippen molar-refractivity contribution in [2.24, 2.45) is 0 Å². The first-order valence-corrected chi connectivity index (χ1v) is 6.62. The highest BCUT2D eigenvalue weighted by atomic mass is 16.5. The molecule has 0 aliphatic carbocycles. The lowest BCUT2D eigenvalue weighted by atomic mass is 10.2. The Kier molecular flexibility index (Phi) is 4.56. The van der Waals surface area contributed by atoms with Gasteiger partial charge in [0.05, 0.1) is 6.10 Å². The fourth-order valence-corrected chi connectivity index (χ4v) is 1.68. The molecular formula is C16H17N3O. The molecule has 0 aliphatic rings.